The quantitative estimate of drug-likeness (QED) is 0.943. The summed E-state index contributed by atoms with van der Waals surface area (Å²) in [5.74, 6) is 1.83. The third kappa shape index (κ3) is 3.47. The second-order valence-electron chi connectivity index (χ2n) is 5.89. The minimum absolute atomic E-state index is 0.119. The fourth-order valence-electron chi connectivity index (χ4n) is 2.96. The van der Waals surface area contributed by atoms with Gasteiger partial charge in [0, 0.05) is 44.5 Å². The summed E-state index contributed by atoms with van der Waals surface area (Å²) in [4.78, 5) is 26.9. The van der Waals surface area contributed by atoms with Crippen LogP contribution < -0.4 is 5.32 Å². The molecule has 0 aliphatic carbocycles. The maximum absolute atomic E-state index is 11.7. The van der Waals surface area contributed by atoms with Gasteiger partial charge in [0.1, 0.15) is 5.82 Å². The van der Waals surface area contributed by atoms with Gasteiger partial charge in [0.25, 0.3) is 0 Å². The summed E-state index contributed by atoms with van der Waals surface area (Å²) in [6.07, 6.45) is 7.14. The number of hydrogen-bond donors (Lipinski definition) is 1. The molecule has 3 rings (SSSR count). The van der Waals surface area contributed by atoms with Crippen molar-refractivity contribution in [2.45, 2.75) is 32.6 Å². The van der Waals surface area contributed by atoms with Gasteiger partial charge < -0.3 is 10.2 Å². The van der Waals surface area contributed by atoms with Crippen LogP contribution in [0.25, 0.3) is 0 Å². The van der Waals surface area contributed by atoms with E-state index in [-0.39, 0.29) is 11.8 Å². The Hall–Kier alpha value is -2.50. The van der Waals surface area contributed by atoms with E-state index in [9.17, 15) is 4.79 Å². The molecule has 0 spiro atoms. The summed E-state index contributed by atoms with van der Waals surface area (Å²) >= 11 is 0. The molecule has 1 aliphatic rings. The number of nitrogens with zero attached hydrogens (tertiary/aromatic N) is 4. The number of likely N-dealkylation sites (tertiary alicyclic amines) is 1. The Labute approximate surface area is 136 Å². The van der Waals surface area contributed by atoms with Gasteiger partial charge in [-0.3, -0.25) is 9.78 Å². The van der Waals surface area contributed by atoms with Crippen molar-refractivity contribution in [2.75, 3.05) is 18.4 Å². The van der Waals surface area contributed by atoms with E-state index < -0.39 is 0 Å². The average molecular weight is 311 g/mol. The molecule has 120 valence electrons. The zero-order valence-electron chi connectivity index (χ0n) is 13.5. The monoisotopic (exact) mass is 311 g/mol. The molecule has 2 aromatic rings. The Bertz CT molecular complexity index is 703. The van der Waals surface area contributed by atoms with E-state index >= 15 is 0 Å². The van der Waals surface area contributed by atoms with E-state index in [1.54, 1.807) is 25.5 Å². The average Bonchev–Trinajstić information content (AvgIpc) is 2.57. The van der Waals surface area contributed by atoms with Gasteiger partial charge in [-0.1, -0.05) is 6.07 Å². The maximum atomic E-state index is 11.7. The topological polar surface area (TPSA) is 71.0 Å². The van der Waals surface area contributed by atoms with E-state index in [4.69, 9.17) is 0 Å². The number of pyridine rings is 1. The number of nitrogens with one attached hydrogen (secondary N) is 1. The summed E-state index contributed by atoms with van der Waals surface area (Å²) in [7, 11) is 0. The van der Waals surface area contributed by atoms with Crippen LogP contribution in [-0.4, -0.2) is 38.8 Å². The molecule has 23 heavy (non-hydrogen) atoms. The Balaban J connectivity index is 1.86. The van der Waals surface area contributed by atoms with Crippen LogP contribution in [0, 0.1) is 6.92 Å². The highest BCUT2D eigenvalue weighted by Gasteiger charge is 2.26. The number of aromatic nitrogens is 3. The van der Waals surface area contributed by atoms with Crippen molar-refractivity contribution >= 4 is 17.5 Å². The highest BCUT2D eigenvalue weighted by molar-refractivity contribution is 5.73. The van der Waals surface area contributed by atoms with Gasteiger partial charge >= 0.3 is 0 Å². The van der Waals surface area contributed by atoms with E-state index in [0.717, 1.165) is 42.3 Å². The molecule has 1 aliphatic heterocycles. The van der Waals surface area contributed by atoms with Crippen LogP contribution in [0.3, 0.4) is 0 Å². The SMILES string of the molecule is CC(=O)N1CCC[C@@H](c2nccnc2Nc2ncccc2C)C1. The van der Waals surface area contributed by atoms with Crippen LogP contribution in [0.4, 0.5) is 11.6 Å². The minimum Gasteiger partial charge on any atom is -0.342 e. The molecule has 0 bridgehead atoms. The lowest BCUT2D eigenvalue weighted by Gasteiger charge is -2.32. The minimum atomic E-state index is 0.119. The molecule has 0 aromatic carbocycles. The smallest absolute Gasteiger partial charge is 0.219 e. The second-order valence-corrected chi connectivity index (χ2v) is 5.89. The van der Waals surface area contributed by atoms with Gasteiger partial charge in [-0.15, -0.1) is 0 Å². The standard InChI is InChI=1S/C17H21N5O/c1-12-5-3-7-19-16(12)21-17-15(18-8-9-20-17)14-6-4-10-22(11-14)13(2)23/h3,5,7-9,14H,4,6,10-11H2,1-2H3,(H,19,20,21)/t14-/m1/s1. The molecule has 0 radical (unpaired) electrons. The van der Waals surface area contributed by atoms with Crippen LogP contribution in [0.5, 0.6) is 0 Å². The van der Waals surface area contributed by atoms with E-state index in [0.29, 0.717) is 6.54 Å². The number of amides is 1. The van der Waals surface area contributed by atoms with Gasteiger partial charge in [-0.05, 0) is 31.4 Å². The number of anilines is 2. The first-order chi connectivity index (χ1) is 11.1. The molecule has 0 unspecified atom stereocenters. The highest BCUT2D eigenvalue weighted by Crippen LogP contribution is 2.30. The number of carbonyl (C=O) groups excluding carboxylic acids is 1. The molecule has 0 saturated carbocycles. The number of aryl methyl sites for hydroxylation is 1. The van der Waals surface area contributed by atoms with Gasteiger partial charge in [-0.2, -0.15) is 0 Å². The zero-order valence-corrected chi connectivity index (χ0v) is 13.5. The van der Waals surface area contributed by atoms with Crippen LogP contribution in [0.15, 0.2) is 30.7 Å². The van der Waals surface area contributed by atoms with Crippen LogP contribution in [0.1, 0.15) is 36.9 Å². The molecular formula is C17H21N5O. The number of rotatable bonds is 3. The fourth-order valence-corrected chi connectivity index (χ4v) is 2.96. The first-order valence-electron chi connectivity index (χ1n) is 7.90. The summed E-state index contributed by atoms with van der Waals surface area (Å²) in [6, 6.07) is 3.91. The summed E-state index contributed by atoms with van der Waals surface area (Å²) < 4.78 is 0. The molecule has 6 heteroatoms. The Morgan fingerprint density at radius 2 is 2.00 bits per heavy atom. The van der Waals surface area contributed by atoms with Crippen molar-refractivity contribution in [3.05, 3.63) is 42.0 Å². The van der Waals surface area contributed by atoms with Crippen LogP contribution >= 0.6 is 0 Å². The number of carbonyl (C=O) groups is 1. The molecule has 2 aromatic heterocycles. The number of piperidine rings is 1. The van der Waals surface area contributed by atoms with Crippen molar-refractivity contribution < 1.29 is 4.79 Å². The third-order valence-electron chi connectivity index (χ3n) is 4.23. The van der Waals surface area contributed by atoms with Crippen LogP contribution in [0.2, 0.25) is 0 Å². The predicted octanol–water partition coefficient (Wildman–Crippen LogP) is 2.65. The Morgan fingerprint density at radius 3 is 2.78 bits per heavy atom. The first-order valence-corrected chi connectivity index (χ1v) is 7.90. The maximum Gasteiger partial charge on any atom is 0.219 e. The lowest BCUT2D eigenvalue weighted by Crippen LogP contribution is -2.38. The van der Waals surface area contributed by atoms with Gasteiger partial charge in [0.15, 0.2) is 5.82 Å². The lowest BCUT2D eigenvalue weighted by atomic mass is 9.94. The van der Waals surface area contributed by atoms with Crippen molar-refractivity contribution in [3.63, 3.8) is 0 Å². The van der Waals surface area contributed by atoms with E-state index in [1.165, 1.54) is 0 Å². The van der Waals surface area contributed by atoms with Crippen LogP contribution in [-0.2, 0) is 4.79 Å². The Kier molecular flexibility index (Phi) is 4.50. The fraction of sp³-hybridized carbons (Fsp3) is 0.412. The number of hydrogen-bond acceptors (Lipinski definition) is 5. The van der Waals surface area contributed by atoms with Gasteiger partial charge in [0.2, 0.25) is 5.91 Å². The molecule has 1 N–H and O–H groups in total. The molecule has 1 atom stereocenters. The Morgan fingerprint density at radius 1 is 1.22 bits per heavy atom. The second kappa shape index (κ2) is 6.73. The van der Waals surface area contributed by atoms with Crippen molar-refractivity contribution in [1.82, 2.24) is 19.9 Å². The van der Waals surface area contributed by atoms with Crippen molar-refractivity contribution in [3.8, 4) is 0 Å². The molecule has 3 heterocycles. The summed E-state index contributed by atoms with van der Waals surface area (Å²) in [5.41, 5.74) is 1.96. The summed E-state index contributed by atoms with van der Waals surface area (Å²) in [5, 5.41) is 3.29. The van der Waals surface area contributed by atoms with Crippen molar-refractivity contribution in [2.24, 2.45) is 0 Å². The molecule has 6 nitrogen and oxygen atoms in total. The molecule has 1 saturated heterocycles. The van der Waals surface area contributed by atoms with E-state index in [1.807, 2.05) is 24.0 Å². The largest absolute Gasteiger partial charge is 0.342 e. The summed E-state index contributed by atoms with van der Waals surface area (Å²) in [6.45, 7) is 5.15. The lowest BCUT2D eigenvalue weighted by molar-refractivity contribution is -0.130. The molecule has 1 fully saturated rings. The molecule has 1 amide bonds. The highest BCUT2D eigenvalue weighted by atomic mass is 16.2. The first kappa shape index (κ1) is 15.4. The van der Waals surface area contributed by atoms with Crippen molar-refractivity contribution in [1.29, 1.82) is 0 Å². The normalized spacial score (nSPS) is 17.8. The zero-order chi connectivity index (χ0) is 16.2. The third-order valence-corrected chi connectivity index (χ3v) is 4.23. The molecular weight excluding hydrogens is 290 g/mol. The van der Waals surface area contributed by atoms with Gasteiger partial charge in [-0.25, -0.2) is 9.97 Å². The van der Waals surface area contributed by atoms with Gasteiger partial charge in [0.05, 0.1) is 5.69 Å². The van der Waals surface area contributed by atoms with E-state index in [2.05, 4.69) is 20.3 Å². The predicted molar refractivity (Wildman–Crippen MR) is 88.5 cm³/mol.